The first kappa shape index (κ1) is 17.7. The lowest BCUT2D eigenvalue weighted by molar-refractivity contribution is 0.460. The second-order valence-electron chi connectivity index (χ2n) is 5.16. The summed E-state index contributed by atoms with van der Waals surface area (Å²) in [5.74, 6) is 0.480. The van der Waals surface area contributed by atoms with Crippen LogP contribution in [-0.2, 0) is 17.4 Å². The van der Waals surface area contributed by atoms with Gasteiger partial charge >= 0.3 is 0 Å². The molecule has 1 aromatic carbocycles. The fourth-order valence-electron chi connectivity index (χ4n) is 1.96. The second kappa shape index (κ2) is 8.82. The molecular formula is C18H21NO2S2. The maximum Gasteiger partial charge on any atom is 0.182 e. The molecule has 0 aliphatic heterocycles. The van der Waals surface area contributed by atoms with Crippen molar-refractivity contribution in [2.45, 2.75) is 30.0 Å². The minimum absolute atomic E-state index is 0.158. The SMILES string of the molecule is C=CC(=C)Oc1ccc(S(=O)NC(C)CCc2ccccc2)s1. The molecule has 0 radical (unpaired) electrons. The molecular weight excluding hydrogens is 326 g/mol. The van der Waals surface area contributed by atoms with Crippen LogP contribution >= 0.6 is 11.3 Å². The Morgan fingerprint density at radius 3 is 2.78 bits per heavy atom. The summed E-state index contributed by atoms with van der Waals surface area (Å²) in [4.78, 5) is 0. The summed E-state index contributed by atoms with van der Waals surface area (Å²) >= 11 is 1.35. The Hall–Kier alpha value is -1.69. The Morgan fingerprint density at radius 2 is 2.09 bits per heavy atom. The highest BCUT2D eigenvalue weighted by atomic mass is 32.2. The molecule has 0 aliphatic carbocycles. The Bertz CT molecular complexity index is 679. The van der Waals surface area contributed by atoms with Gasteiger partial charge in [-0.05, 0) is 43.5 Å². The number of aryl methyl sites for hydroxylation is 1. The predicted molar refractivity (Wildman–Crippen MR) is 98.1 cm³/mol. The zero-order chi connectivity index (χ0) is 16.7. The minimum atomic E-state index is -1.23. The smallest absolute Gasteiger partial charge is 0.182 e. The van der Waals surface area contributed by atoms with Crippen molar-refractivity contribution in [2.24, 2.45) is 0 Å². The fraction of sp³-hybridized carbons (Fsp3) is 0.222. The lowest BCUT2D eigenvalue weighted by Gasteiger charge is -2.12. The van der Waals surface area contributed by atoms with Gasteiger partial charge in [0.2, 0.25) is 0 Å². The van der Waals surface area contributed by atoms with Crippen LogP contribution in [-0.4, -0.2) is 10.3 Å². The van der Waals surface area contributed by atoms with E-state index in [9.17, 15) is 4.21 Å². The molecule has 3 nitrogen and oxygen atoms in total. The quantitative estimate of drug-likeness (QED) is 0.537. The fourth-order valence-corrected chi connectivity index (χ4v) is 4.06. The zero-order valence-corrected chi connectivity index (χ0v) is 14.8. The van der Waals surface area contributed by atoms with Crippen molar-refractivity contribution in [2.75, 3.05) is 0 Å². The molecule has 23 heavy (non-hydrogen) atoms. The Balaban J connectivity index is 1.83. The van der Waals surface area contributed by atoms with Crippen LogP contribution in [0.5, 0.6) is 5.06 Å². The third-order valence-electron chi connectivity index (χ3n) is 3.22. The highest BCUT2D eigenvalue weighted by Gasteiger charge is 2.12. The highest BCUT2D eigenvalue weighted by Crippen LogP contribution is 2.28. The number of hydrogen-bond donors (Lipinski definition) is 1. The molecule has 5 heteroatoms. The van der Waals surface area contributed by atoms with E-state index in [4.69, 9.17) is 4.74 Å². The molecule has 0 saturated heterocycles. The van der Waals surface area contributed by atoms with Gasteiger partial charge in [-0.3, -0.25) is 0 Å². The van der Waals surface area contributed by atoms with Crippen LogP contribution in [0.2, 0.25) is 0 Å². The van der Waals surface area contributed by atoms with E-state index in [0.29, 0.717) is 10.8 Å². The third kappa shape index (κ3) is 5.78. The van der Waals surface area contributed by atoms with Crippen LogP contribution < -0.4 is 9.46 Å². The lowest BCUT2D eigenvalue weighted by Crippen LogP contribution is -2.28. The molecule has 0 bridgehead atoms. The van der Waals surface area contributed by atoms with Crippen LogP contribution in [0.25, 0.3) is 0 Å². The van der Waals surface area contributed by atoms with Gasteiger partial charge in [0.05, 0.1) is 0 Å². The molecule has 1 heterocycles. The van der Waals surface area contributed by atoms with Crippen molar-refractivity contribution >= 4 is 22.3 Å². The summed E-state index contributed by atoms with van der Waals surface area (Å²) in [7, 11) is -1.23. The number of ether oxygens (including phenoxy) is 1. The molecule has 2 atom stereocenters. The summed E-state index contributed by atoms with van der Waals surface area (Å²) in [6.07, 6.45) is 3.43. The van der Waals surface area contributed by atoms with Crippen molar-refractivity contribution in [3.63, 3.8) is 0 Å². The molecule has 1 N–H and O–H groups in total. The highest BCUT2D eigenvalue weighted by molar-refractivity contribution is 7.85. The molecule has 1 aromatic heterocycles. The standard InChI is InChI=1S/C18H21NO2S2/c1-4-15(3)21-17-12-13-18(22-17)23(20)19-14(2)10-11-16-8-6-5-7-9-16/h4-9,12-14,19H,1,3,10-11H2,2H3. The third-order valence-corrected chi connectivity index (χ3v) is 5.80. The molecule has 2 aromatic rings. The second-order valence-corrected chi connectivity index (χ2v) is 7.68. The molecule has 0 spiro atoms. The van der Waals surface area contributed by atoms with Gasteiger partial charge in [0, 0.05) is 6.04 Å². The van der Waals surface area contributed by atoms with E-state index in [0.717, 1.165) is 17.1 Å². The number of hydrogen-bond acceptors (Lipinski definition) is 3. The average molecular weight is 348 g/mol. The average Bonchev–Trinajstić information content (AvgIpc) is 3.02. The Kier molecular flexibility index (Phi) is 6.77. The summed E-state index contributed by atoms with van der Waals surface area (Å²) in [6, 6.07) is 14.1. The van der Waals surface area contributed by atoms with Gasteiger partial charge in [-0.2, -0.15) is 0 Å². The van der Waals surface area contributed by atoms with Gasteiger partial charge in [0.25, 0.3) is 0 Å². The van der Waals surface area contributed by atoms with Gasteiger partial charge < -0.3 is 4.74 Å². The van der Waals surface area contributed by atoms with Crippen molar-refractivity contribution in [3.8, 4) is 5.06 Å². The molecule has 0 amide bonds. The van der Waals surface area contributed by atoms with Gasteiger partial charge in [-0.25, -0.2) is 8.93 Å². The monoisotopic (exact) mass is 347 g/mol. The van der Waals surface area contributed by atoms with Gasteiger partial charge in [-0.15, -0.1) is 0 Å². The summed E-state index contributed by atoms with van der Waals surface area (Å²) < 4.78 is 21.7. The molecule has 0 saturated carbocycles. The van der Waals surface area contributed by atoms with E-state index in [1.807, 2.05) is 31.2 Å². The maximum atomic E-state index is 12.3. The van der Waals surface area contributed by atoms with Crippen LogP contribution in [0.1, 0.15) is 18.9 Å². The van der Waals surface area contributed by atoms with Crippen molar-refractivity contribution in [1.82, 2.24) is 4.72 Å². The first-order chi connectivity index (χ1) is 11.1. The van der Waals surface area contributed by atoms with Crippen molar-refractivity contribution < 1.29 is 8.95 Å². The van der Waals surface area contributed by atoms with Gasteiger partial charge in [-0.1, -0.05) is 54.8 Å². The molecule has 122 valence electrons. The van der Waals surface area contributed by atoms with Crippen LogP contribution in [0.15, 0.2) is 71.7 Å². The van der Waals surface area contributed by atoms with Crippen molar-refractivity contribution in [3.05, 3.63) is 73.0 Å². The summed E-state index contributed by atoms with van der Waals surface area (Å²) in [6.45, 7) is 9.34. The lowest BCUT2D eigenvalue weighted by atomic mass is 10.1. The minimum Gasteiger partial charge on any atom is -0.447 e. The number of benzene rings is 1. The number of rotatable bonds is 9. The van der Waals surface area contributed by atoms with E-state index >= 15 is 0 Å². The molecule has 0 aliphatic rings. The molecule has 0 fully saturated rings. The molecule has 2 unspecified atom stereocenters. The van der Waals surface area contributed by atoms with Crippen LogP contribution in [0.3, 0.4) is 0 Å². The van der Waals surface area contributed by atoms with Gasteiger partial charge in [0.1, 0.15) is 21.0 Å². The Labute approximate surface area is 144 Å². The first-order valence-corrected chi connectivity index (χ1v) is 9.36. The van der Waals surface area contributed by atoms with E-state index in [-0.39, 0.29) is 6.04 Å². The molecule has 2 rings (SSSR count). The summed E-state index contributed by atoms with van der Waals surface area (Å²) in [5, 5.41) is 0.664. The predicted octanol–water partition coefficient (Wildman–Crippen LogP) is 4.46. The van der Waals surface area contributed by atoms with E-state index in [1.54, 1.807) is 12.1 Å². The van der Waals surface area contributed by atoms with E-state index in [1.165, 1.54) is 16.9 Å². The van der Waals surface area contributed by atoms with E-state index in [2.05, 4.69) is 30.0 Å². The van der Waals surface area contributed by atoms with Crippen LogP contribution in [0, 0.1) is 0 Å². The van der Waals surface area contributed by atoms with E-state index < -0.39 is 11.0 Å². The van der Waals surface area contributed by atoms with Crippen molar-refractivity contribution in [1.29, 1.82) is 0 Å². The topological polar surface area (TPSA) is 38.3 Å². The number of allylic oxidation sites excluding steroid dienone is 1. The number of nitrogens with one attached hydrogen (secondary N) is 1. The van der Waals surface area contributed by atoms with Gasteiger partial charge in [0.15, 0.2) is 5.06 Å². The Morgan fingerprint density at radius 1 is 1.35 bits per heavy atom. The number of thiophene rings is 1. The largest absolute Gasteiger partial charge is 0.447 e. The maximum absolute atomic E-state index is 12.3. The normalized spacial score (nSPS) is 13.3. The first-order valence-electron chi connectivity index (χ1n) is 7.39. The zero-order valence-electron chi connectivity index (χ0n) is 13.2. The van der Waals surface area contributed by atoms with Crippen LogP contribution in [0.4, 0.5) is 0 Å². The summed E-state index contributed by atoms with van der Waals surface area (Å²) in [5.41, 5.74) is 1.29.